The van der Waals surface area contributed by atoms with Crippen molar-refractivity contribution >= 4 is 0 Å². The van der Waals surface area contributed by atoms with Gasteiger partial charge in [-0.05, 0) is 6.42 Å². The molecule has 4 nitrogen and oxygen atoms in total. The van der Waals surface area contributed by atoms with E-state index in [0.29, 0.717) is 30.0 Å². The minimum absolute atomic E-state index is 0.0144. The van der Waals surface area contributed by atoms with Crippen LogP contribution in [0.5, 0.6) is 0 Å². The van der Waals surface area contributed by atoms with Crippen LogP contribution in [0.15, 0.2) is 10.9 Å². The summed E-state index contributed by atoms with van der Waals surface area (Å²) in [5.41, 5.74) is 0.181. The minimum Gasteiger partial charge on any atom is -0.310 e. The van der Waals surface area contributed by atoms with Gasteiger partial charge in [-0.1, -0.05) is 13.8 Å². The number of hydrogen-bond donors (Lipinski definition) is 1. The Morgan fingerprint density at radius 1 is 1.20 bits per heavy atom. The molecule has 3 rings (SSSR count). The van der Waals surface area contributed by atoms with Gasteiger partial charge in [-0.25, -0.2) is 22.5 Å². The smallest absolute Gasteiger partial charge is 0.254 e. The van der Waals surface area contributed by atoms with Gasteiger partial charge in [0.15, 0.2) is 23.3 Å². The molecule has 0 amide bonds. The molecule has 134 valence electrons. The fraction of sp³-hybridized carbons (Fsp3) is 0.412. The van der Waals surface area contributed by atoms with Gasteiger partial charge in [0.05, 0.1) is 5.69 Å². The lowest BCUT2D eigenvalue weighted by molar-refractivity contribution is 0.230. The van der Waals surface area contributed by atoms with E-state index in [0.717, 1.165) is 0 Å². The van der Waals surface area contributed by atoms with Crippen LogP contribution >= 0.6 is 0 Å². The van der Waals surface area contributed by atoms with E-state index >= 15 is 0 Å². The van der Waals surface area contributed by atoms with Gasteiger partial charge in [0.2, 0.25) is 0 Å². The third-order valence-electron chi connectivity index (χ3n) is 4.30. The van der Waals surface area contributed by atoms with Crippen LogP contribution in [-0.4, -0.2) is 21.4 Å². The first-order chi connectivity index (χ1) is 11.8. The van der Waals surface area contributed by atoms with Crippen LogP contribution in [0, 0.1) is 23.3 Å². The summed E-state index contributed by atoms with van der Waals surface area (Å²) in [7, 11) is 0. The predicted molar refractivity (Wildman–Crippen MR) is 83.0 cm³/mol. The van der Waals surface area contributed by atoms with E-state index in [-0.39, 0.29) is 30.6 Å². The Kier molecular flexibility index (Phi) is 4.64. The first kappa shape index (κ1) is 17.6. The lowest BCUT2D eigenvalue weighted by Gasteiger charge is -2.28. The average Bonchev–Trinajstić information content (AvgIpc) is 2.56. The maximum Gasteiger partial charge on any atom is 0.254 e. The van der Waals surface area contributed by atoms with E-state index in [1.165, 1.54) is 0 Å². The number of H-pyrrole nitrogens is 1. The third kappa shape index (κ3) is 3.30. The topological polar surface area (TPSA) is 49.0 Å². The molecule has 0 fully saturated rings. The number of nitrogens with zero attached hydrogens (tertiary/aromatic N) is 2. The number of rotatable bonds is 3. The Morgan fingerprint density at radius 3 is 2.44 bits per heavy atom. The SMILES string of the molecule is CC(C)c1nc2c(c(=O)[nH]1)CCN(Cc1c(F)c(F)cc(F)c1F)C2. The van der Waals surface area contributed by atoms with Crippen LogP contribution < -0.4 is 5.56 Å². The molecule has 25 heavy (non-hydrogen) atoms. The molecular formula is C17H17F4N3O. The molecule has 0 unspecified atom stereocenters. The number of halogens is 4. The van der Waals surface area contributed by atoms with Crippen molar-refractivity contribution in [2.75, 3.05) is 6.54 Å². The van der Waals surface area contributed by atoms with E-state index in [9.17, 15) is 22.4 Å². The summed E-state index contributed by atoms with van der Waals surface area (Å²) in [5, 5.41) is 0. The van der Waals surface area contributed by atoms with Gasteiger partial charge in [-0.3, -0.25) is 9.69 Å². The molecule has 0 aliphatic carbocycles. The van der Waals surface area contributed by atoms with E-state index in [1.54, 1.807) is 4.90 Å². The normalized spacial score (nSPS) is 14.8. The van der Waals surface area contributed by atoms with Crippen LogP contribution in [0.2, 0.25) is 0 Å². The molecule has 0 atom stereocenters. The molecule has 2 aromatic rings. The van der Waals surface area contributed by atoms with Crippen molar-refractivity contribution in [1.82, 2.24) is 14.9 Å². The monoisotopic (exact) mass is 355 g/mol. The predicted octanol–water partition coefficient (Wildman–Crippen LogP) is 3.01. The number of nitrogens with one attached hydrogen (secondary N) is 1. The Labute approximate surface area is 141 Å². The summed E-state index contributed by atoms with van der Waals surface area (Å²) in [6.45, 7) is 3.96. The van der Waals surface area contributed by atoms with Crippen molar-refractivity contribution in [3.05, 3.63) is 62.3 Å². The zero-order valence-corrected chi connectivity index (χ0v) is 13.8. The lowest BCUT2D eigenvalue weighted by Crippen LogP contribution is -2.36. The van der Waals surface area contributed by atoms with Gasteiger partial charge in [0, 0.05) is 42.7 Å². The summed E-state index contributed by atoms with van der Waals surface area (Å²) in [6.07, 6.45) is 0.344. The Bertz CT molecular complexity index is 853. The summed E-state index contributed by atoms with van der Waals surface area (Å²) >= 11 is 0. The number of hydrogen-bond acceptors (Lipinski definition) is 3. The van der Waals surface area contributed by atoms with Gasteiger partial charge < -0.3 is 4.98 Å². The van der Waals surface area contributed by atoms with Crippen molar-refractivity contribution in [3.63, 3.8) is 0 Å². The highest BCUT2D eigenvalue weighted by Crippen LogP contribution is 2.23. The molecule has 0 bridgehead atoms. The van der Waals surface area contributed by atoms with Crippen LogP contribution in [0.1, 0.15) is 42.4 Å². The highest BCUT2D eigenvalue weighted by molar-refractivity contribution is 5.25. The maximum absolute atomic E-state index is 13.8. The van der Waals surface area contributed by atoms with Crippen molar-refractivity contribution in [3.8, 4) is 0 Å². The van der Waals surface area contributed by atoms with Gasteiger partial charge in [-0.2, -0.15) is 0 Å². The number of aromatic amines is 1. The molecule has 0 spiro atoms. The van der Waals surface area contributed by atoms with Gasteiger partial charge in [0.1, 0.15) is 5.82 Å². The number of fused-ring (bicyclic) bond motifs is 1. The zero-order valence-electron chi connectivity index (χ0n) is 13.8. The Morgan fingerprint density at radius 2 is 1.84 bits per heavy atom. The van der Waals surface area contributed by atoms with Crippen molar-refractivity contribution < 1.29 is 17.6 Å². The van der Waals surface area contributed by atoms with E-state index in [4.69, 9.17) is 0 Å². The van der Waals surface area contributed by atoms with Crippen LogP contribution in [-0.2, 0) is 19.5 Å². The third-order valence-corrected chi connectivity index (χ3v) is 4.30. The number of aromatic nitrogens is 2. The second kappa shape index (κ2) is 6.59. The molecule has 1 aliphatic rings. The van der Waals surface area contributed by atoms with Gasteiger partial charge in [0.25, 0.3) is 5.56 Å². The average molecular weight is 355 g/mol. The fourth-order valence-corrected chi connectivity index (χ4v) is 2.91. The van der Waals surface area contributed by atoms with Crippen LogP contribution in [0.3, 0.4) is 0 Å². The summed E-state index contributed by atoms with van der Waals surface area (Å²) in [5.74, 6) is -5.11. The molecular weight excluding hydrogens is 338 g/mol. The maximum atomic E-state index is 13.8. The molecule has 0 saturated heterocycles. The Balaban J connectivity index is 1.91. The van der Waals surface area contributed by atoms with Crippen LogP contribution in [0.4, 0.5) is 17.6 Å². The standard InChI is InChI=1S/C17H17F4N3O/c1-8(2)16-22-13-7-24(4-3-9(13)17(25)23-16)6-10-14(20)11(18)5-12(19)15(10)21/h5,8H,3-4,6-7H2,1-2H3,(H,22,23,25). The lowest BCUT2D eigenvalue weighted by atomic mass is 10.0. The molecule has 2 heterocycles. The molecule has 8 heteroatoms. The Hall–Kier alpha value is -2.22. The summed E-state index contributed by atoms with van der Waals surface area (Å²) < 4.78 is 54.4. The summed E-state index contributed by atoms with van der Waals surface area (Å²) in [6, 6.07) is 0.190. The highest BCUT2D eigenvalue weighted by atomic mass is 19.2. The fourth-order valence-electron chi connectivity index (χ4n) is 2.91. The van der Waals surface area contributed by atoms with E-state index in [2.05, 4.69) is 9.97 Å². The zero-order chi connectivity index (χ0) is 18.3. The quantitative estimate of drug-likeness (QED) is 0.680. The first-order valence-electron chi connectivity index (χ1n) is 7.94. The number of benzene rings is 1. The van der Waals surface area contributed by atoms with Crippen LogP contribution in [0.25, 0.3) is 0 Å². The van der Waals surface area contributed by atoms with E-state index < -0.39 is 28.8 Å². The largest absolute Gasteiger partial charge is 0.310 e. The second-order valence-corrected chi connectivity index (χ2v) is 6.44. The molecule has 1 aliphatic heterocycles. The van der Waals surface area contributed by atoms with E-state index in [1.807, 2.05) is 13.8 Å². The molecule has 1 N–H and O–H groups in total. The summed E-state index contributed by atoms with van der Waals surface area (Å²) in [4.78, 5) is 20.9. The molecule has 0 saturated carbocycles. The highest BCUT2D eigenvalue weighted by Gasteiger charge is 2.25. The van der Waals surface area contributed by atoms with Gasteiger partial charge >= 0.3 is 0 Å². The minimum atomic E-state index is -1.43. The van der Waals surface area contributed by atoms with Crippen molar-refractivity contribution in [1.29, 1.82) is 0 Å². The second-order valence-electron chi connectivity index (χ2n) is 6.44. The van der Waals surface area contributed by atoms with Crippen molar-refractivity contribution in [2.24, 2.45) is 0 Å². The molecule has 1 aromatic heterocycles. The first-order valence-corrected chi connectivity index (χ1v) is 7.94. The van der Waals surface area contributed by atoms with Gasteiger partial charge in [-0.15, -0.1) is 0 Å². The van der Waals surface area contributed by atoms with Crippen molar-refractivity contribution in [2.45, 2.75) is 39.3 Å². The molecule has 1 aromatic carbocycles. The molecule has 0 radical (unpaired) electrons.